The van der Waals surface area contributed by atoms with E-state index in [2.05, 4.69) is 10.0 Å². The highest BCUT2D eigenvalue weighted by atomic mass is 32.2. The molecule has 0 aromatic heterocycles. The van der Waals surface area contributed by atoms with E-state index in [-0.39, 0.29) is 12.3 Å². The number of amides is 1. The molecular formula is C13H20N2O4S. The third-order valence-electron chi connectivity index (χ3n) is 2.59. The second-order valence-corrected chi connectivity index (χ2v) is 6.20. The fourth-order valence-electron chi connectivity index (χ4n) is 1.46. The molecule has 20 heavy (non-hydrogen) atoms. The van der Waals surface area contributed by atoms with E-state index in [0.29, 0.717) is 17.9 Å². The fraction of sp³-hybridized carbons (Fsp3) is 0.462. The monoisotopic (exact) mass is 300 g/mol. The van der Waals surface area contributed by atoms with Crippen molar-refractivity contribution in [2.75, 3.05) is 24.7 Å². The Morgan fingerprint density at radius 2 is 1.90 bits per heavy atom. The van der Waals surface area contributed by atoms with Gasteiger partial charge in [-0.25, -0.2) is 13.1 Å². The highest BCUT2D eigenvalue weighted by molar-refractivity contribution is 7.89. The average Bonchev–Trinajstić information content (AvgIpc) is 2.44. The van der Waals surface area contributed by atoms with Crippen molar-refractivity contribution < 1.29 is 17.9 Å². The molecule has 0 aliphatic rings. The zero-order valence-electron chi connectivity index (χ0n) is 11.7. The predicted octanol–water partition coefficient (Wildman–Crippen LogP) is 1.35. The van der Waals surface area contributed by atoms with Gasteiger partial charge in [-0.05, 0) is 30.7 Å². The van der Waals surface area contributed by atoms with Crippen molar-refractivity contribution in [2.45, 2.75) is 19.8 Å². The van der Waals surface area contributed by atoms with Gasteiger partial charge < -0.3 is 10.1 Å². The molecule has 0 unspecified atom stereocenters. The minimum absolute atomic E-state index is 0.0410. The van der Waals surface area contributed by atoms with Gasteiger partial charge >= 0.3 is 0 Å². The number of ether oxygens (including phenoxy) is 1. The quantitative estimate of drug-likeness (QED) is 0.759. The van der Waals surface area contributed by atoms with Crippen LogP contribution >= 0.6 is 0 Å². The number of benzene rings is 1. The van der Waals surface area contributed by atoms with Crippen LogP contribution < -0.4 is 14.8 Å². The highest BCUT2D eigenvalue weighted by Crippen LogP contribution is 2.14. The fourth-order valence-corrected chi connectivity index (χ4v) is 2.63. The van der Waals surface area contributed by atoms with E-state index in [1.165, 1.54) is 0 Å². The highest BCUT2D eigenvalue weighted by Gasteiger charge is 2.11. The molecule has 0 saturated carbocycles. The Kier molecular flexibility index (Phi) is 6.47. The Labute approximate surface area is 119 Å². The first-order valence-corrected chi connectivity index (χ1v) is 8.03. The van der Waals surface area contributed by atoms with Crippen molar-refractivity contribution in [1.82, 2.24) is 4.72 Å². The Bertz CT molecular complexity index is 526. The van der Waals surface area contributed by atoms with Crippen molar-refractivity contribution in [3.8, 4) is 5.75 Å². The number of carbonyl (C=O) groups is 1. The Morgan fingerprint density at radius 3 is 2.45 bits per heavy atom. The normalized spacial score (nSPS) is 11.1. The van der Waals surface area contributed by atoms with Crippen LogP contribution in [0.15, 0.2) is 24.3 Å². The lowest BCUT2D eigenvalue weighted by Crippen LogP contribution is -2.34. The van der Waals surface area contributed by atoms with E-state index in [4.69, 9.17) is 4.74 Å². The average molecular weight is 300 g/mol. The molecule has 0 saturated heterocycles. The van der Waals surface area contributed by atoms with Crippen molar-refractivity contribution in [3.05, 3.63) is 24.3 Å². The molecule has 1 aromatic rings. The van der Waals surface area contributed by atoms with Crippen LogP contribution in [0.25, 0.3) is 0 Å². The molecule has 0 aliphatic heterocycles. The second kappa shape index (κ2) is 7.86. The topological polar surface area (TPSA) is 84.5 Å². The van der Waals surface area contributed by atoms with E-state index >= 15 is 0 Å². The number of anilines is 1. The van der Waals surface area contributed by atoms with Crippen LogP contribution in [0.4, 0.5) is 5.69 Å². The number of methoxy groups -OCH3 is 1. The summed E-state index contributed by atoms with van der Waals surface area (Å²) >= 11 is 0. The summed E-state index contributed by atoms with van der Waals surface area (Å²) in [6.45, 7) is 1.64. The molecule has 0 radical (unpaired) electrons. The number of hydrogen-bond acceptors (Lipinski definition) is 4. The lowest BCUT2D eigenvalue weighted by molar-refractivity contribution is -0.115. The molecule has 0 aliphatic carbocycles. The van der Waals surface area contributed by atoms with Crippen LogP contribution in [0, 0.1) is 0 Å². The van der Waals surface area contributed by atoms with E-state index in [9.17, 15) is 13.2 Å². The molecule has 1 amide bonds. The molecule has 0 fully saturated rings. The van der Waals surface area contributed by atoms with Gasteiger partial charge in [0.2, 0.25) is 15.9 Å². The standard InChI is InChI=1S/C13H20N2O4S/c1-3-4-9-20(17,18)14-10-13(16)15-11-5-7-12(19-2)8-6-11/h5-8,14H,3-4,9-10H2,1-2H3,(H,15,16). The zero-order valence-corrected chi connectivity index (χ0v) is 12.5. The first-order chi connectivity index (χ1) is 9.46. The number of unbranched alkanes of at least 4 members (excludes halogenated alkanes) is 1. The van der Waals surface area contributed by atoms with Crippen LogP contribution in [-0.2, 0) is 14.8 Å². The van der Waals surface area contributed by atoms with Gasteiger partial charge in [0.1, 0.15) is 5.75 Å². The summed E-state index contributed by atoms with van der Waals surface area (Å²) in [5.41, 5.74) is 0.587. The lowest BCUT2D eigenvalue weighted by Gasteiger charge is -2.08. The third kappa shape index (κ3) is 6.03. The number of carbonyl (C=O) groups excluding carboxylic acids is 1. The van der Waals surface area contributed by atoms with E-state index < -0.39 is 15.9 Å². The van der Waals surface area contributed by atoms with Gasteiger partial charge in [-0.1, -0.05) is 13.3 Å². The van der Waals surface area contributed by atoms with E-state index in [1.807, 2.05) is 6.92 Å². The van der Waals surface area contributed by atoms with Gasteiger partial charge in [0.25, 0.3) is 0 Å². The van der Waals surface area contributed by atoms with Crippen molar-refractivity contribution in [2.24, 2.45) is 0 Å². The van der Waals surface area contributed by atoms with Gasteiger partial charge in [0, 0.05) is 5.69 Å². The van der Waals surface area contributed by atoms with Crippen LogP contribution in [0.1, 0.15) is 19.8 Å². The molecule has 7 heteroatoms. The predicted molar refractivity (Wildman–Crippen MR) is 78.3 cm³/mol. The maximum Gasteiger partial charge on any atom is 0.239 e. The van der Waals surface area contributed by atoms with Gasteiger partial charge in [0.05, 0.1) is 19.4 Å². The number of sulfonamides is 1. The third-order valence-corrected chi connectivity index (χ3v) is 4.00. The summed E-state index contributed by atoms with van der Waals surface area (Å²) < 4.78 is 30.3. The molecule has 0 bridgehead atoms. The molecule has 2 N–H and O–H groups in total. The van der Waals surface area contributed by atoms with E-state index in [0.717, 1.165) is 6.42 Å². The minimum Gasteiger partial charge on any atom is -0.497 e. The first-order valence-electron chi connectivity index (χ1n) is 6.38. The molecular weight excluding hydrogens is 280 g/mol. The summed E-state index contributed by atoms with van der Waals surface area (Å²) in [5.74, 6) is 0.317. The largest absolute Gasteiger partial charge is 0.497 e. The van der Waals surface area contributed by atoms with Crippen LogP contribution in [0.3, 0.4) is 0 Å². The first kappa shape index (κ1) is 16.5. The summed E-state index contributed by atoms with van der Waals surface area (Å²) in [6.07, 6.45) is 1.37. The number of nitrogens with one attached hydrogen (secondary N) is 2. The Hall–Kier alpha value is -1.60. The maximum absolute atomic E-state index is 11.6. The second-order valence-electron chi connectivity index (χ2n) is 4.27. The summed E-state index contributed by atoms with van der Waals surface area (Å²) in [4.78, 5) is 11.6. The van der Waals surface area contributed by atoms with Crippen LogP contribution in [0.5, 0.6) is 5.75 Å². The summed E-state index contributed by atoms with van der Waals surface area (Å²) in [6, 6.07) is 6.78. The molecule has 0 heterocycles. The van der Waals surface area contributed by atoms with Gasteiger partial charge in [-0.15, -0.1) is 0 Å². The Balaban J connectivity index is 2.43. The van der Waals surface area contributed by atoms with Gasteiger partial charge in [-0.3, -0.25) is 4.79 Å². The van der Waals surface area contributed by atoms with Gasteiger partial charge in [0.15, 0.2) is 0 Å². The van der Waals surface area contributed by atoms with E-state index in [1.54, 1.807) is 31.4 Å². The van der Waals surface area contributed by atoms with Gasteiger partial charge in [-0.2, -0.15) is 0 Å². The van der Waals surface area contributed by atoms with Crippen LogP contribution in [-0.4, -0.2) is 33.7 Å². The van der Waals surface area contributed by atoms with Crippen molar-refractivity contribution >= 4 is 21.6 Å². The van der Waals surface area contributed by atoms with Crippen molar-refractivity contribution in [3.63, 3.8) is 0 Å². The summed E-state index contributed by atoms with van der Waals surface area (Å²) in [5, 5.41) is 2.60. The van der Waals surface area contributed by atoms with Crippen LogP contribution in [0.2, 0.25) is 0 Å². The lowest BCUT2D eigenvalue weighted by atomic mass is 10.3. The summed E-state index contributed by atoms with van der Waals surface area (Å²) in [7, 11) is -1.82. The Morgan fingerprint density at radius 1 is 1.25 bits per heavy atom. The van der Waals surface area contributed by atoms with Crippen molar-refractivity contribution in [1.29, 1.82) is 0 Å². The zero-order chi connectivity index (χ0) is 15.0. The molecule has 0 spiro atoms. The molecule has 0 atom stereocenters. The smallest absolute Gasteiger partial charge is 0.239 e. The number of rotatable bonds is 8. The molecule has 6 nitrogen and oxygen atoms in total. The maximum atomic E-state index is 11.6. The molecule has 112 valence electrons. The SMILES string of the molecule is CCCCS(=O)(=O)NCC(=O)Nc1ccc(OC)cc1. The molecule has 1 rings (SSSR count). The minimum atomic E-state index is -3.37. The molecule has 1 aromatic carbocycles. The number of hydrogen-bond donors (Lipinski definition) is 2.